The standard InChI is InChI=1S/C21H34N2O5/c1-20(2,3)28-19(26)23-6-4-5-22-17(24)10-18(25)27-21-11-14-7-15(12-21)9-16(8-14)13-21/h14-16H,4-13H2,1-3H3,(H,22,24)(H,23,26). The van der Waals surface area contributed by atoms with E-state index >= 15 is 0 Å². The van der Waals surface area contributed by atoms with Gasteiger partial charge in [-0.1, -0.05) is 0 Å². The predicted octanol–water partition coefficient (Wildman–Crippen LogP) is 2.92. The van der Waals surface area contributed by atoms with E-state index in [4.69, 9.17) is 9.47 Å². The van der Waals surface area contributed by atoms with Gasteiger partial charge >= 0.3 is 12.1 Å². The lowest BCUT2D eigenvalue weighted by Gasteiger charge is -2.55. The Kier molecular flexibility index (Phi) is 6.20. The molecule has 0 saturated heterocycles. The fourth-order valence-electron chi connectivity index (χ4n) is 5.45. The average Bonchev–Trinajstić information content (AvgIpc) is 2.50. The van der Waals surface area contributed by atoms with E-state index in [2.05, 4.69) is 10.6 Å². The largest absolute Gasteiger partial charge is 0.459 e. The van der Waals surface area contributed by atoms with Crippen molar-refractivity contribution in [2.45, 2.75) is 83.3 Å². The highest BCUT2D eigenvalue weighted by molar-refractivity contribution is 5.94. The second-order valence-corrected chi connectivity index (χ2v) is 9.88. The number of esters is 1. The molecule has 28 heavy (non-hydrogen) atoms. The molecule has 0 aromatic rings. The summed E-state index contributed by atoms with van der Waals surface area (Å²) in [5.74, 6) is 1.36. The zero-order chi connectivity index (χ0) is 20.4. The summed E-state index contributed by atoms with van der Waals surface area (Å²) in [4.78, 5) is 35.8. The molecule has 158 valence electrons. The van der Waals surface area contributed by atoms with Gasteiger partial charge in [0.15, 0.2) is 0 Å². The van der Waals surface area contributed by atoms with Crippen molar-refractivity contribution >= 4 is 18.0 Å². The summed E-state index contributed by atoms with van der Waals surface area (Å²) < 4.78 is 11.0. The van der Waals surface area contributed by atoms with Crippen LogP contribution in [0, 0.1) is 17.8 Å². The summed E-state index contributed by atoms with van der Waals surface area (Å²) in [6.07, 6.45) is 6.64. The first-order chi connectivity index (χ1) is 13.1. The molecule has 0 aromatic heterocycles. The van der Waals surface area contributed by atoms with Crippen molar-refractivity contribution in [3.8, 4) is 0 Å². The lowest BCUT2D eigenvalue weighted by atomic mass is 9.54. The summed E-state index contributed by atoms with van der Waals surface area (Å²) in [6, 6.07) is 0. The Hall–Kier alpha value is -1.79. The number of ether oxygens (including phenoxy) is 2. The van der Waals surface area contributed by atoms with Gasteiger partial charge in [0.1, 0.15) is 17.6 Å². The van der Waals surface area contributed by atoms with Crippen LogP contribution in [0.2, 0.25) is 0 Å². The van der Waals surface area contributed by atoms with Crippen LogP contribution in [0.1, 0.15) is 72.1 Å². The number of hydrogen-bond acceptors (Lipinski definition) is 5. The van der Waals surface area contributed by atoms with Gasteiger partial charge in [0, 0.05) is 13.1 Å². The fourth-order valence-corrected chi connectivity index (χ4v) is 5.45. The van der Waals surface area contributed by atoms with E-state index < -0.39 is 17.7 Å². The number of rotatable bonds is 7. The minimum atomic E-state index is -0.532. The molecule has 4 aliphatic rings. The molecule has 0 aromatic carbocycles. The van der Waals surface area contributed by atoms with Crippen LogP contribution in [0.5, 0.6) is 0 Å². The van der Waals surface area contributed by atoms with Crippen LogP contribution < -0.4 is 10.6 Å². The summed E-state index contributed by atoms with van der Waals surface area (Å²) in [7, 11) is 0. The molecule has 0 unspecified atom stereocenters. The lowest BCUT2D eigenvalue weighted by molar-refractivity contribution is -0.186. The van der Waals surface area contributed by atoms with E-state index in [1.807, 2.05) is 0 Å². The van der Waals surface area contributed by atoms with Crippen molar-refractivity contribution in [1.29, 1.82) is 0 Å². The third-order valence-corrected chi connectivity index (χ3v) is 5.96. The van der Waals surface area contributed by atoms with Crippen molar-refractivity contribution in [1.82, 2.24) is 10.6 Å². The first-order valence-corrected chi connectivity index (χ1v) is 10.6. The van der Waals surface area contributed by atoms with Crippen LogP contribution in [0.3, 0.4) is 0 Å². The number of amides is 2. The Bertz CT molecular complexity index is 575. The highest BCUT2D eigenvalue weighted by Gasteiger charge is 2.53. The van der Waals surface area contributed by atoms with Crippen LogP contribution in [-0.4, -0.2) is 42.3 Å². The summed E-state index contributed by atoms with van der Waals surface area (Å²) in [5, 5.41) is 5.35. The first kappa shape index (κ1) is 20.9. The first-order valence-electron chi connectivity index (χ1n) is 10.6. The molecule has 0 heterocycles. The van der Waals surface area contributed by atoms with E-state index in [1.165, 1.54) is 19.3 Å². The molecule has 4 aliphatic carbocycles. The summed E-state index contributed by atoms with van der Waals surface area (Å²) in [5.41, 5.74) is -0.835. The quantitative estimate of drug-likeness (QED) is 0.393. The zero-order valence-corrected chi connectivity index (χ0v) is 17.3. The molecule has 7 heteroatoms. The SMILES string of the molecule is CC(C)(C)OC(=O)NCCCNC(=O)CC(=O)OC12CC3CC(CC(C3)C1)C2. The van der Waals surface area contributed by atoms with Gasteiger partial charge in [-0.15, -0.1) is 0 Å². The van der Waals surface area contributed by atoms with E-state index in [9.17, 15) is 14.4 Å². The Balaban J connectivity index is 1.30. The number of nitrogens with one attached hydrogen (secondary N) is 2. The average molecular weight is 395 g/mol. The Morgan fingerprint density at radius 3 is 2.00 bits per heavy atom. The third-order valence-electron chi connectivity index (χ3n) is 5.96. The van der Waals surface area contributed by atoms with Gasteiger partial charge in [-0.3, -0.25) is 9.59 Å². The van der Waals surface area contributed by atoms with Crippen LogP contribution in [0.15, 0.2) is 0 Å². The topological polar surface area (TPSA) is 93.7 Å². The van der Waals surface area contributed by atoms with Crippen molar-refractivity contribution in [2.24, 2.45) is 17.8 Å². The maximum Gasteiger partial charge on any atom is 0.407 e. The Morgan fingerprint density at radius 2 is 1.46 bits per heavy atom. The van der Waals surface area contributed by atoms with E-state index in [0.29, 0.717) is 37.3 Å². The van der Waals surface area contributed by atoms with Gasteiger partial charge in [0.25, 0.3) is 0 Å². The number of alkyl carbamates (subject to hydrolysis) is 1. The van der Waals surface area contributed by atoms with Crippen LogP contribution in [0.25, 0.3) is 0 Å². The van der Waals surface area contributed by atoms with Gasteiger partial charge in [-0.2, -0.15) is 0 Å². The fraction of sp³-hybridized carbons (Fsp3) is 0.857. The molecule has 4 saturated carbocycles. The van der Waals surface area contributed by atoms with Crippen LogP contribution in [-0.2, 0) is 19.1 Å². The summed E-state index contributed by atoms with van der Waals surface area (Å²) in [6.45, 7) is 6.19. The van der Waals surface area contributed by atoms with Gasteiger partial charge in [0.2, 0.25) is 5.91 Å². The molecule has 2 amide bonds. The lowest BCUT2D eigenvalue weighted by Crippen LogP contribution is -2.53. The zero-order valence-electron chi connectivity index (χ0n) is 17.3. The molecule has 0 aliphatic heterocycles. The Labute approximate surface area is 167 Å². The van der Waals surface area contributed by atoms with Crippen molar-refractivity contribution in [3.63, 3.8) is 0 Å². The second-order valence-electron chi connectivity index (χ2n) is 9.88. The van der Waals surface area contributed by atoms with Crippen molar-refractivity contribution < 1.29 is 23.9 Å². The van der Waals surface area contributed by atoms with Crippen LogP contribution in [0.4, 0.5) is 4.79 Å². The van der Waals surface area contributed by atoms with Gasteiger partial charge in [-0.05, 0) is 83.5 Å². The molecule has 4 bridgehead atoms. The molecule has 7 nitrogen and oxygen atoms in total. The maximum absolute atomic E-state index is 12.3. The Morgan fingerprint density at radius 1 is 0.929 bits per heavy atom. The van der Waals surface area contributed by atoms with E-state index in [-0.39, 0.29) is 17.9 Å². The third kappa shape index (κ3) is 5.85. The number of carbonyl (C=O) groups is 3. The second kappa shape index (κ2) is 8.29. The maximum atomic E-state index is 12.3. The molecule has 4 fully saturated rings. The normalized spacial score (nSPS) is 30.6. The monoisotopic (exact) mass is 394 g/mol. The molecular weight excluding hydrogens is 360 g/mol. The molecular formula is C21H34N2O5. The number of hydrogen-bond donors (Lipinski definition) is 2. The van der Waals surface area contributed by atoms with Crippen molar-refractivity contribution in [3.05, 3.63) is 0 Å². The van der Waals surface area contributed by atoms with E-state index in [0.717, 1.165) is 19.3 Å². The van der Waals surface area contributed by atoms with Crippen molar-refractivity contribution in [2.75, 3.05) is 13.1 Å². The molecule has 0 radical (unpaired) electrons. The van der Waals surface area contributed by atoms with E-state index in [1.54, 1.807) is 20.8 Å². The molecule has 2 N–H and O–H groups in total. The predicted molar refractivity (Wildman–Crippen MR) is 103 cm³/mol. The smallest absolute Gasteiger partial charge is 0.407 e. The van der Waals surface area contributed by atoms with Gasteiger partial charge in [0.05, 0.1) is 0 Å². The van der Waals surface area contributed by atoms with Crippen LogP contribution >= 0.6 is 0 Å². The number of carbonyl (C=O) groups excluding carboxylic acids is 3. The highest BCUT2D eigenvalue weighted by atomic mass is 16.6. The summed E-state index contributed by atoms with van der Waals surface area (Å²) >= 11 is 0. The minimum absolute atomic E-state index is 0.235. The van der Waals surface area contributed by atoms with Gasteiger partial charge < -0.3 is 20.1 Å². The molecule has 0 atom stereocenters. The highest BCUT2D eigenvalue weighted by Crippen LogP contribution is 2.57. The minimum Gasteiger partial charge on any atom is -0.459 e. The molecule has 4 rings (SSSR count). The van der Waals surface area contributed by atoms with Gasteiger partial charge in [-0.25, -0.2) is 4.79 Å². The molecule has 0 spiro atoms.